The molecular weight excluding hydrogens is 346 g/mol. The van der Waals surface area contributed by atoms with Crippen LogP contribution in [0.4, 0.5) is 5.69 Å². The van der Waals surface area contributed by atoms with E-state index in [4.69, 9.17) is 0 Å². The molecule has 126 valence electrons. The van der Waals surface area contributed by atoms with Crippen LogP contribution in [0.25, 0.3) is 9.75 Å². The Hall–Kier alpha value is -0.850. The molecule has 0 amide bonds. The molecule has 3 heterocycles. The monoisotopic (exact) mass is 369 g/mol. The molecule has 0 saturated carbocycles. The number of hydrogen-bond acceptors (Lipinski definition) is 4. The van der Waals surface area contributed by atoms with E-state index >= 15 is 0 Å². The van der Waals surface area contributed by atoms with Gasteiger partial charge in [-0.2, -0.15) is 0 Å². The van der Waals surface area contributed by atoms with Crippen LogP contribution in [0, 0.1) is 0 Å². The number of anilines is 1. The van der Waals surface area contributed by atoms with Gasteiger partial charge in [-0.3, -0.25) is 4.31 Å². The molecule has 2 aromatic rings. The summed E-state index contributed by atoms with van der Waals surface area (Å²) in [4.78, 5) is 4.78. The van der Waals surface area contributed by atoms with Gasteiger partial charge >= 0.3 is 0 Å². The van der Waals surface area contributed by atoms with E-state index in [9.17, 15) is 8.42 Å². The van der Waals surface area contributed by atoms with Crippen LogP contribution in [0.15, 0.2) is 17.0 Å². The Morgan fingerprint density at radius 2 is 1.35 bits per heavy atom. The Kier molecular flexibility index (Phi) is 3.57. The molecular formula is C17H23NO2S3. The molecule has 2 aromatic heterocycles. The smallest absolute Gasteiger partial charge is 0.265 e. The molecule has 0 spiro atoms. The maximum Gasteiger partial charge on any atom is 0.265 e. The van der Waals surface area contributed by atoms with E-state index in [-0.39, 0.29) is 10.8 Å². The first kappa shape index (κ1) is 17.0. The largest absolute Gasteiger partial charge is 0.268 e. The topological polar surface area (TPSA) is 37.4 Å². The van der Waals surface area contributed by atoms with Gasteiger partial charge in [0.1, 0.15) is 4.90 Å². The van der Waals surface area contributed by atoms with Crippen molar-refractivity contribution in [2.75, 3.05) is 11.4 Å². The molecule has 0 aromatic carbocycles. The zero-order chi connectivity index (χ0) is 17.4. The summed E-state index contributed by atoms with van der Waals surface area (Å²) in [5, 5.41) is 0. The average molecular weight is 370 g/mol. The zero-order valence-corrected chi connectivity index (χ0v) is 17.1. The van der Waals surface area contributed by atoms with Crippen LogP contribution in [0.1, 0.15) is 51.3 Å². The minimum atomic E-state index is -3.46. The Morgan fingerprint density at radius 1 is 0.870 bits per heavy atom. The van der Waals surface area contributed by atoms with Crippen molar-refractivity contribution in [3.8, 4) is 9.75 Å². The first-order chi connectivity index (χ1) is 10.3. The van der Waals surface area contributed by atoms with Crippen molar-refractivity contribution >= 4 is 38.4 Å². The summed E-state index contributed by atoms with van der Waals surface area (Å²) in [6, 6.07) is 3.90. The third-order valence-corrected chi connectivity index (χ3v) is 9.27. The van der Waals surface area contributed by atoms with Gasteiger partial charge in [-0.25, -0.2) is 8.42 Å². The summed E-state index contributed by atoms with van der Waals surface area (Å²) in [5.74, 6) is 0. The summed E-state index contributed by atoms with van der Waals surface area (Å²) >= 11 is 3.34. The van der Waals surface area contributed by atoms with E-state index in [0.29, 0.717) is 4.90 Å². The Bertz CT molecular complexity index is 874. The van der Waals surface area contributed by atoms with E-state index in [1.807, 2.05) is 12.1 Å². The lowest BCUT2D eigenvalue weighted by Crippen LogP contribution is -2.29. The van der Waals surface area contributed by atoms with E-state index < -0.39 is 10.0 Å². The highest BCUT2D eigenvalue weighted by atomic mass is 32.2. The minimum Gasteiger partial charge on any atom is -0.268 e. The number of thiophene rings is 2. The van der Waals surface area contributed by atoms with Gasteiger partial charge in [0.25, 0.3) is 10.0 Å². The van der Waals surface area contributed by atoms with Crippen LogP contribution in [-0.4, -0.2) is 15.5 Å². The van der Waals surface area contributed by atoms with Crippen LogP contribution >= 0.6 is 22.7 Å². The Balaban J connectivity index is 2.32. The summed E-state index contributed by atoms with van der Waals surface area (Å²) in [7, 11) is -1.80. The van der Waals surface area contributed by atoms with Crippen molar-refractivity contribution < 1.29 is 8.42 Å². The Labute approximate surface area is 147 Å². The number of fused-ring (bicyclic) bond motifs is 3. The fraction of sp³-hybridized carbons (Fsp3) is 0.529. The van der Waals surface area contributed by atoms with Gasteiger partial charge in [-0.05, 0) is 23.0 Å². The summed E-state index contributed by atoms with van der Waals surface area (Å²) < 4.78 is 27.2. The van der Waals surface area contributed by atoms with Crippen LogP contribution < -0.4 is 4.31 Å². The molecule has 1 aliphatic rings. The second-order valence-corrected chi connectivity index (χ2v) is 12.1. The molecule has 3 nitrogen and oxygen atoms in total. The highest BCUT2D eigenvalue weighted by Gasteiger charge is 2.38. The quantitative estimate of drug-likeness (QED) is 0.639. The van der Waals surface area contributed by atoms with Gasteiger partial charge in [0.15, 0.2) is 0 Å². The summed E-state index contributed by atoms with van der Waals surface area (Å²) in [6.45, 7) is 12.8. The van der Waals surface area contributed by atoms with Gasteiger partial charge in [0.05, 0.1) is 15.4 Å². The second-order valence-electron chi connectivity index (χ2n) is 8.10. The maximum absolute atomic E-state index is 12.9. The lowest BCUT2D eigenvalue weighted by atomic mass is 9.94. The molecule has 0 radical (unpaired) electrons. The lowest BCUT2D eigenvalue weighted by molar-refractivity contribution is 0.591. The van der Waals surface area contributed by atoms with Crippen molar-refractivity contribution in [2.45, 2.75) is 57.3 Å². The number of hydrogen-bond donors (Lipinski definition) is 0. The van der Waals surface area contributed by atoms with Crippen molar-refractivity contribution in [1.29, 1.82) is 0 Å². The minimum absolute atomic E-state index is 0.0108. The normalized spacial score (nSPS) is 17.1. The maximum atomic E-state index is 12.9. The molecule has 0 unspecified atom stereocenters. The van der Waals surface area contributed by atoms with Crippen molar-refractivity contribution in [3.63, 3.8) is 0 Å². The van der Waals surface area contributed by atoms with Crippen molar-refractivity contribution in [1.82, 2.24) is 0 Å². The third-order valence-electron chi connectivity index (χ3n) is 4.07. The predicted octanol–water partition coefficient (Wildman–Crippen LogP) is 5.21. The van der Waals surface area contributed by atoms with Crippen LogP contribution in [0.3, 0.4) is 0 Å². The predicted molar refractivity (Wildman–Crippen MR) is 101 cm³/mol. The zero-order valence-electron chi connectivity index (χ0n) is 14.6. The second kappa shape index (κ2) is 4.83. The van der Waals surface area contributed by atoms with E-state index in [1.165, 1.54) is 9.18 Å². The van der Waals surface area contributed by atoms with Crippen LogP contribution in [0.2, 0.25) is 0 Å². The molecule has 0 N–H and O–H groups in total. The van der Waals surface area contributed by atoms with Gasteiger partial charge in [-0.1, -0.05) is 41.5 Å². The summed E-state index contributed by atoms with van der Waals surface area (Å²) in [5.41, 5.74) is 0.770. The molecule has 0 aliphatic carbocycles. The summed E-state index contributed by atoms with van der Waals surface area (Å²) in [6.07, 6.45) is 0. The molecule has 0 bridgehead atoms. The van der Waals surface area contributed by atoms with E-state index in [1.54, 1.807) is 29.7 Å². The Morgan fingerprint density at radius 3 is 1.87 bits per heavy atom. The first-order valence-electron chi connectivity index (χ1n) is 7.61. The van der Waals surface area contributed by atoms with Gasteiger partial charge < -0.3 is 0 Å². The fourth-order valence-electron chi connectivity index (χ4n) is 2.52. The van der Waals surface area contributed by atoms with Crippen LogP contribution in [-0.2, 0) is 20.9 Å². The average Bonchev–Trinajstić information content (AvgIpc) is 2.99. The van der Waals surface area contributed by atoms with Crippen molar-refractivity contribution in [3.05, 3.63) is 21.9 Å². The highest BCUT2D eigenvalue weighted by Crippen LogP contribution is 2.53. The van der Waals surface area contributed by atoms with E-state index in [0.717, 1.165) is 20.3 Å². The molecule has 3 rings (SSSR count). The van der Waals surface area contributed by atoms with Gasteiger partial charge in [-0.15, -0.1) is 22.7 Å². The third kappa shape index (κ3) is 2.55. The molecule has 0 atom stereocenters. The number of nitrogens with zero attached hydrogens (tertiary/aromatic N) is 1. The molecule has 23 heavy (non-hydrogen) atoms. The fourth-order valence-corrected chi connectivity index (χ4v) is 6.97. The molecule has 0 fully saturated rings. The number of sulfonamides is 1. The molecule has 1 aliphatic heterocycles. The molecule has 0 saturated heterocycles. The van der Waals surface area contributed by atoms with Crippen LogP contribution in [0.5, 0.6) is 0 Å². The lowest BCUT2D eigenvalue weighted by Gasteiger charge is -2.24. The number of rotatable bonds is 0. The van der Waals surface area contributed by atoms with Gasteiger partial charge in [0, 0.05) is 16.8 Å². The van der Waals surface area contributed by atoms with Gasteiger partial charge in [0.2, 0.25) is 0 Å². The van der Waals surface area contributed by atoms with Crippen molar-refractivity contribution in [2.24, 2.45) is 0 Å². The SMILES string of the molecule is CN1c2cc(C(C)(C)C)sc2-c2sc(C(C)(C)C)cc2S1(=O)=O. The van der Waals surface area contributed by atoms with E-state index in [2.05, 4.69) is 41.5 Å². The first-order valence-corrected chi connectivity index (χ1v) is 10.7. The highest BCUT2D eigenvalue weighted by molar-refractivity contribution is 7.93. The molecule has 6 heteroatoms. The standard InChI is InChI=1S/C17H23NO2S3/c1-16(2,3)12-8-10-14(21-12)15-11(23(19,20)18(10)7)9-13(22-15)17(4,5)6/h8-9H,1-7H3.